The Hall–Kier alpha value is -4.24. The van der Waals surface area contributed by atoms with E-state index in [4.69, 9.17) is 9.84 Å². The molecule has 34 heavy (non-hydrogen) atoms. The Balaban J connectivity index is 1.79. The van der Waals surface area contributed by atoms with Crippen molar-refractivity contribution < 1.29 is 24.2 Å². The normalized spacial score (nSPS) is 11.1. The van der Waals surface area contributed by atoms with Crippen molar-refractivity contribution in [2.45, 2.75) is 0 Å². The van der Waals surface area contributed by atoms with Crippen LogP contribution in [0, 0.1) is 0 Å². The summed E-state index contributed by atoms with van der Waals surface area (Å²) in [5.74, 6) is -1.93. The summed E-state index contributed by atoms with van der Waals surface area (Å²) in [6.07, 6.45) is 2.85. The zero-order valence-electron chi connectivity index (χ0n) is 17.8. The molecule has 0 bridgehead atoms. The third-order valence-electron chi connectivity index (χ3n) is 4.33. The van der Waals surface area contributed by atoms with Gasteiger partial charge in [-0.15, -0.1) is 0 Å². The Morgan fingerprint density at radius 1 is 0.971 bits per heavy atom. The first-order chi connectivity index (χ1) is 16.4. The second kappa shape index (κ2) is 12.1. The van der Waals surface area contributed by atoms with Gasteiger partial charge in [-0.1, -0.05) is 64.5 Å². The van der Waals surface area contributed by atoms with Gasteiger partial charge in [0.05, 0.1) is 6.21 Å². The Morgan fingerprint density at radius 2 is 1.65 bits per heavy atom. The molecule has 0 radical (unpaired) electrons. The molecule has 3 N–H and O–H groups in total. The molecule has 0 fully saturated rings. The quantitative estimate of drug-likeness (QED) is 0.224. The predicted molar refractivity (Wildman–Crippen MR) is 131 cm³/mol. The molecule has 0 spiro atoms. The van der Waals surface area contributed by atoms with Crippen molar-refractivity contribution in [3.63, 3.8) is 0 Å². The lowest BCUT2D eigenvalue weighted by Crippen LogP contribution is -2.32. The highest BCUT2D eigenvalue weighted by Crippen LogP contribution is 2.21. The van der Waals surface area contributed by atoms with Gasteiger partial charge < -0.3 is 15.2 Å². The zero-order valence-corrected chi connectivity index (χ0v) is 19.4. The van der Waals surface area contributed by atoms with E-state index in [0.717, 1.165) is 0 Å². The molecule has 172 valence electrons. The summed E-state index contributed by atoms with van der Waals surface area (Å²) in [6.45, 7) is -0.524. The second-order valence-corrected chi connectivity index (χ2v) is 7.77. The number of nitrogens with zero attached hydrogens (tertiary/aromatic N) is 1. The molecule has 0 heterocycles. The molecular weight excluding hydrogens is 502 g/mol. The maximum absolute atomic E-state index is 12.8. The van der Waals surface area contributed by atoms with Gasteiger partial charge in [-0.2, -0.15) is 5.10 Å². The van der Waals surface area contributed by atoms with Crippen molar-refractivity contribution in [1.29, 1.82) is 0 Å². The van der Waals surface area contributed by atoms with Crippen LogP contribution in [0.3, 0.4) is 0 Å². The van der Waals surface area contributed by atoms with E-state index in [1.807, 2.05) is 18.2 Å². The molecule has 8 nitrogen and oxygen atoms in total. The standard InChI is InChI=1S/C25H20BrN3O5/c26-20-11-12-22(34-16-23(30)31)19(14-20)15-27-29-25(33)21(13-17-7-3-1-4-8-17)28-24(32)18-9-5-2-6-10-18/h1-15H,16H2,(H,28,32)(H,29,33)(H,30,31)/b21-13-,27-15?. The van der Waals surface area contributed by atoms with E-state index in [1.165, 1.54) is 12.3 Å². The smallest absolute Gasteiger partial charge is 0.341 e. The summed E-state index contributed by atoms with van der Waals surface area (Å²) >= 11 is 3.33. The number of carboxylic acids is 1. The van der Waals surface area contributed by atoms with Crippen molar-refractivity contribution in [2.75, 3.05) is 6.61 Å². The van der Waals surface area contributed by atoms with Crippen LogP contribution in [0.15, 0.2) is 94.1 Å². The first kappa shape index (κ1) is 24.4. The number of hydrogen-bond acceptors (Lipinski definition) is 5. The molecule has 0 aliphatic heterocycles. The van der Waals surface area contributed by atoms with E-state index in [1.54, 1.807) is 60.7 Å². The number of hydrazone groups is 1. The largest absolute Gasteiger partial charge is 0.481 e. The summed E-state index contributed by atoms with van der Waals surface area (Å²) in [5.41, 5.74) is 3.92. The minimum absolute atomic E-state index is 0.00574. The minimum atomic E-state index is -1.12. The van der Waals surface area contributed by atoms with Crippen molar-refractivity contribution in [3.8, 4) is 5.75 Å². The maximum Gasteiger partial charge on any atom is 0.341 e. The molecule has 0 saturated heterocycles. The molecule has 3 aromatic carbocycles. The highest BCUT2D eigenvalue weighted by molar-refractivity contribution is 9.10. The molecular formula is C25H20BrN3O5. The minimum Gasteiger partial charge on any atom is -0.481 e. The third kappa shape index (κ3) is 7.42. The monoisotopic (exact) mass is 521 g/mol. The van der Waals surface area contributed by atoms with Crippen LogP contribution in [0.25, 0.3) is 6.08 Å². The first-order valence-corrected chi connectivity index (χ1v) is 10.8. The van der Waals surface area contributed by atoms with Crippen molar-refractivity contribution in [2.24, 2.45) is 5.10 Å². The Kier molecular flexibility index (Phi) is 8.70. The molecule has 3 rings (SSSR count). The number of rotatable bonds is 9. The van der Waals surface area contributed by atoms with Crippen LogP contribution in [0.2, 0.25) is 0 Å². The van der Waals surface area contributed by atoms with Gasteiger partial charge >= 0.3 is 5.97 Å². The lowest BCUT2D eigenvalue weighted by molar-refractivity contribution is -0.139. The average Bonchev–Trinajstić information content (AvgIpc) is 2.84. The highest BCUT2D eigenvalue weighted by atomic mass is 79.9. The number of carbonyl (C=O) groups excluding carboxylic acids is 2. The van der Waals surface area contributed by atoms with Crippen LogP contribution in [0.5, 0.6) is 5.75 Å². The molecule has 2 amide bonds. The maximum atomic E-state index is 12.8. The number of benzene rings is 3. The molecule has 0 atom stereocenters. The lowest BCUT2D eigenvalue weighted by atomic mass is 10.1. The highest BCUT2D eigenvalue weighted by Gasteiger charge is 2.14. The molecule has 0 aromatic heterocycles. The average molecular weight is 522 g/mol. The van der Waals surface area contributed by atoms with E-state index < -0.39 is 24.4 Å². The van der Waals surface area contributed by atoms with Gasteiger partial charge in [-0.3, -0.25) is 9.59 Å². The first-order valence-electron chi connectivity index (χ1n) is 10.0. The number of nitrogens with one attached hydrogen (secondary N) is 2. The van der Waals surface area contributed by atoms with Crippen LogP contribution in [-0.4, -0.2) is 35.7 Å². The Morgan fingerprint density at radius 3 is 2.32 bits per heavy atom. The fourth-order valence-electron chi connectivity index (χ4n) is 2.77. The van der Waals surface area contributed by atoms with Gasteiger partial charge in [0.2, 0.25) is 0 Å². The molecule has 0 aliphatic carbocycles. The fourth-order valence-corrected chi connectivity index (χ4v) is 3.15. The lowest BCUT2D eigenvalue weighted by Gasteiger charge is -2.10. The second-order valence-electron chi connectivity index (χ2n) is 6.85. The third-order valence-corrected chi connectivity index (χ3v) is 4.83. The molecule has 0 unspecified atom stereocenters. The molecule has 0 saturated carbocycles. The van der Waals surface area contributed by atoms with Crippen LogP contribution in [0.4, 0.5) is 0 Å². The van der Waals surface area contributed by atoms with Crippen molar-refractivity contribution >= 4 is 46.0 Å². The number of aliphatic carboxylic acids is 1. The van der Waals surface area contributed by atoms with E-state index in [9.17, 15) is 14.4 Å². The molecule has 9 heteroatoms. The van der Waals surface area contributed by atoms with E-state index in [0.29, 0.717) is 21.2 Å². The zero-order chi connectivity index (χ0) is 24.3. The summed E-state index contributed by atoms with van der Waals surface area (Å²) < 4.78 is 5.96. The van der Waals surface area contributed by atoms with Crippen molar-refractivity contribution in [3.05, 3.63) is 106 Å². The number of carboxylic acid groups (broad SMARTS) is 1. The van der Waals surface area contributed by atoms with Crippen LogP contribution in [0.1, 0.15) is 21.5 Å². The van der Waals surface area contributed by atoms with Crippen LogP contribution >= 0.6 is 15.9 Å². The van der Waals surface area contributed by atoms with E-state index >= 15 is 0 Å². The van der Waals surface area contributed by atoms with Gasteiger partial charge in [0.25, 0.3) is 11.8 Å². The fraction of sp³-hybridized carbons (Fsp3) is 0.0400. The van der Waals surface area contributed by atoms with E-state index in [-0.39, 0.29) is 11.4 Å². The number of ether oxygens (including phenoxy) is 1. The molecule has 3 aromatic rings. The number of halogens is 1. The van der Waals surface area contributed by atoms with Gasteiger partial charge in [-0.25, -0.2) is 10.2 Å². The predicted octanol–water partition coefficient (Wildman–Crippen LogP) is 3.83. The number of hydrogen-bond donors (Lipinski definition) is 3. The van der Waals surface area contributed by atoms with Gasteiger partial charge in [0.1, 0.15) is 11.4 Å². The Bertz CT molecular complexity index is 1230. The van der Waals surface area contributed by atoms with Crippen LogP contribution < -0.4 is 15.5 Å². The molecule has 0 aliphatic rings. The summed E-state index contributed by atoms with van der Waals surface area (Å²) in [7, 11) is 0. The number of amides is 2. The van der Waals surface area contributed by atoms with Gasteiger partial charge in [0.15, 0.2) is 6.61 Å². The van der Waals surface area contributed by atoms with E-state index in [2.05, 4.69) is 31.8 Å². The topological polar surface area (TPSA) is 117 Å². The van der Waals surface area contributed by atoms with Gasteiger partial charge in [0, 0.05) is 15.6 Å². The SMILES string of the molecule is O=C(O)COc1ccc(Br)cc1C=NNC(=O)/C(=C/c1ccccc1)NC(=O)c1ccccc1. The van der Waals surface area contributed by atoms with Crippen molar-refractivity contribution in [1.82, 2.24) is 10.7 Å². The Labute approximate surface area is 204 Å². The summed E-state index contributed by atoms with van der Waals surface area (Å²) in [4.78, 5) is 36.3. The number of carbonyl (C=O) groups is 3. The van der Waals surface area contributed by atoms with Crippen LogP contribution in [-0.2, 0) is 9.59 Å². The summed E-state index contributed by atoms with van der Waals surface area (Å²) in [5, 5.41) is 15.4. The van der Waals surface area contributed by atoms with Gasteiger partial charge in [-0.05, 0) is 42.0 Å². The summed E-state index contributed by atoms with van der Waals surface area (Å²) in [6, 6.07) is 22.5.